The predicted molar refractivity (Wildman–Crippen MR) is 137 cm³/mol. The predicted octanol–water partition coefficient (Wildman–Crippen LogP) is 3.79. The second-order valence-corrected chi connectivity index (χ2v) is 10.7. The number of alkyl halides is 2. The van der Waals surface area contributed by atoms with Gasteiger partial charge in [0.1, 0.15) is 11.6 Å². The smallest absolute Gasteiger partial charge is 0.261 e. The molecule has 0 bridgehead atoms. The van der Waals surface area contributed by atoms with Crippen LogP contribution in [0.2, 0.25) is 0 Å². The van der Waals surface area contributed by atoms with Crippen molar-refractivity contribution in [2.45, 2.75) is 44.4 Å². The van der Waals surface area contributed by atoms with E-state index in [2.05, 4.69) is 29.9 Å². The molecule has 0 unspecified atom stereocenters. The molecule has 2 saturated heterocycles. The molecule has 5 rings (SSSR count). The van der Waals surface area contributed by atoms with Gasteiger partial charge in [0.15, 0.2) is 0 Å². The third kappa shape index (κ3) is 5.80. The zero-order valence-corrected chi connectivity index (χ0v) is 20.9. The maximum absolute atomic E-state index is 13.5. The molecule has 1 aliphatic carbocycles. The summed E-state index contributed by atoms with van der Waals surface area (Å²) in [6.45, 7) is 2.20. The van der Waals surface area contributed by atoms with Crippen molar-refractivity contribution in [3.05, 3.63) is 30.1 Å². The zero-order valence-electron chi connectivity index (χ0n) is 20.1. The van der Waals surface area contributed by atoms with Crippen molar-refractivity contribution < 1.29 is 18.7 Å². The second kappa shape index (κ2) is 10.3. The van der Waals surface area contributed by atoms with Crippen molar-refractivity contribution >= 4 is 41.1 Å². The van der Waals surface area contributed by atoms with Crippen LogP contribution in [0.15, 0.2) is 24.5 Å². The van der Waals surface area contributed by atoms with Gasteiger partial charge in [-0.25, -0.2) is 18.7 Å². The number of hydrogen-bond acceptors (Lipinski definition) is 9. The molecule has 3 N–H and O–H groups in total. The molecule has 2 aliphatic heterocycles. The molecular formula is C24H31F2N7O2S. The Morgan fingerprint density at radius 3 is 2.47 bits per heavy atom. The summed E-state index contributed by atoms with van der Waals surface area (Å²) in [5.74, 6) is -1.24. The molecule has 36 heavy (non-hydrogen) atoms. The standard InChI is InChI=1S/C24H31F2N7O2S/c25-24(26)6-11-33(12-7-24)20-1-8-27-22(29-20)30-21(35)17-16-28-19(31-36-14-13-34)15-18(17)32-9-4-23(2-3-23)5-10-32/h1,8,15-16,34H,2-7,9-14H2,(H,28,31)(H,27,29,30,35). The van der Waals surface area contributed by atoms with E-state index in [1.807, 2.05) is 6.07 Å². The molecule has 194 valence electrons. The van der Waals surface area contributed by atoms with E-state index >= 15 is 0 Å². The third-order valence-corrected chi connectivity index (χ3v) is 8.04. The summed E-state index contributed by atoms with van der Waals surface area (Å²) >= 11 is 1.35. The van der Waals surface area contributed by atoms with Gasteiger partial charge in [0.25, 0.3) is 11.8 Å². The number of nitrogens with one attached hydrogen (secondary N) is 2. The van der Waals surface area contributed by atoms with Crippen LogP contribution >= 0.6 is 11.9 Å². The van der Waals surface area contributed by atoms with Gasteiger partial charge in [-0.05, 0) is 49.1 Å². The summed E-state index contributed by atoms with van der Waals surface area (Å²) in [6, 6.07) is 3.54. The van der Waals surface area contributed by atoms with Gasteiger partial charge in [-0.15, -0.1) is 0 Å². The van der Waals surface area contributed by atoms with Gasteiger partial charge < -0.3 is 19.6 Å². The summed E-state index contributed by atoms with van der Waals surface area (Å²) in [7, 11) is 0. The van der Waals surface area contributed by atoms with Gasteiger partial charge in [0, 0.05) is 63.2 Å². The van der Waals surface area contributed by atoms with Crippen molar-refractivity contribution in [3.8, 4) is 0 Å². The van der Waals surface area contributed by atoms with Gasteiger partial charge >= 0.3 is 0 Å². The Labute approximate surface area is 213 Å². The number of hydrogen-bond donors (Lipinski definition) is 3. The Morgan fingerprint density at radius 2 is 1.78 bits per heavy atom. The maximum Gasteiger partial charge on any atom is 0.261 e. The lowest BCUT2D eigenvalue weighted by atomic mass is 9.93. The van der Waals surface area contributed by atoms with Crippen molar-refractivity contribution in [2.24, 2.45) is 5.41 Å². The highest BCUT2D eigenvalue weighted by molar-refractivity contribution is 8.00. The van der Waals surface area contributed by atoms with Gasteiger partial charge in [0.05, 0.1) is 17.9 Å². The van der Waals surface area contributed by atoms with E-state index in [0.717, 1.165) is 31.6 Å². The van der Waals surface area contributed by atoms with Gasteiger partial charge in [-0.2, -0.15) is 4.98 Å². The summed E-state index contributed by atoms with van der Waals surface area (Å²) < 4.78 is 30.2. The van der Waals surface area contributed by atoms with Crippen LogP contribution in [0, 0.1) is 5.41 Å². The number of aliphatic hydroxyl groups excluding tert-OH is 1. The summed E-state index contributed by atoms with van der Waals surface area (Å²) in [4.78, 5) is 30.3. The first-order chi connectivity index (χ1) is 17.4. The minimum absolute atomic E-state index is 0.0537. The number of carbonyl (C=O) groups excluding carboxylic acids is 1. The molecule has 0 aromatic carbocycles. The molecule has 9 nitrogen and oxygen atoms in total. The highest BCUT2D eigenvalue weighted by atomic mass is 32.2. The first-order valence-electron chi connectivity index (χ1n) is 12.4. The fraction of sp³-hybridized carbons (Fsp3) is 0.583. The van der Waals surface area contributed by atoms with Crippen LogP contribution in [0.25, 0.3) is 0 Å². The third-order valence-electron chi connectivity index (χ3n) is 7.30. The topological polar surface area (TPSA) is 107 Å². The van der Waals surface area contributed by atoms with E-state index in [1.165, 1.54) is 31.0 Å². The van der Waals surface area contributed by atoms with Gasteiger partial charge in [-0.1, -0.05) is 0 Å². The number of anilines is 4. The summed E-state index contributed by atoms with van der Waals surface area (Å²) in [5, 5.41) is 11.8. The van der Waals surface area contributed by atoms with E-state index < -0.39 is 5.92 Å². The molecule has 2 aromatic rings. The molecule has 1 spiro atoms. The van der Waals surface area contributed by atoms with Crippen molar-refractivity contribution in [1.82, 2.24) is 15.0 Å². The van der Waals surface area contributed by atoms with Gasteiger partial charge in [-0.3, -0.25) is 10.1 Å². The first-order valence-corrected chi connectivity index (χ1v) is 13.4. The molecule has 0 radical (unpaired) electrons. The molecule has 1 saturated carbocycles. The van der Waals surface area contributed by atoms with Crippen LogP contribution < -0.4 is 19.8 Å². The van der Waals surface area contributed by atoms with Crippen molar-refractivity contribution in [3.63, 3.8) is 0 Å². The van der Waals surface area contributed by atoms with Crippen LogP contribution in [-0.4, -0.2) is 70.4 Å². The number of carbonyl (C=O) groups is 1. The van der Waals surface area contributed by atoms with Crippen LogP contribution in [0.4, 0.5) is 32.1 Å². The van der Waals surface area contributed by atoms with Crippen molar-refractivity contribution in [1.29, 1.82) is 0 Å². The summed E-state index contributed by atoms with van der Waals surface area (Å²) in [5.41, 5.74) is 1.71. The highest BCUT2D eigenvalue weighted by Crippen LogP contribution is 2.54. The second-order valence-electron chi connectivity index (χ2n) is 9.78. The number of aromatic nitrogens is 3. The lowest BCUT2D eigenvalue weighted by Gasteiger charge is -2.35. The van der Waals surface area contributed by atoms with E-state index in [9.17, 15) is 13.6 Å². The van der Waals surface area contributed by atoms with Gasteiger partial charge in [0.2, 0.25) is 5.95 Å². The Bertz CT molecular complexity index is 1080. The number of rotatable bonds is 8. The quantitative estimate of drug-likeness (QED) is 0.355. The van der Waals surface area contributed by atoms with Crippen LogP contribution in [0.5, 0.6) is 0 Å². The minimum Gasteiger partial charge on any atom is -0.395 e. The molecular weight excluding hydrogens is 488 g/mol. The normalized spacial score (nSPS) is 20.3. The minimum atomic E-state index is -2.64. The SMILES string of the molecule is O=C(Nc1nccc(N2CCC(F)(F)CC2)n1)c1cnc(NSCCO)cc1N1CCC2(CC1)CC2. The zero-order chi connectivity index (χ0) is 25.2. The molecule has 2 aromatic heterocycles. The highest BCUT2D eigenvalue weighted by Gasteiger charge is 2.44. The molecule has 12 heteroatoms. The number of aliphatic hydroxyl groups is 1. The maximum atomic E-state index is 13.5. The molecule has 4 heterocycles. The molecule has 3 aliphatic rings. The van der Waals surface area contributed by atoms with Crippen LogP contribution in [-0.2, 0) is 0 Å². The number of nitrogens with zero attached hydrogens (tertiary/aromatic N) is 5. The van der Waals surface area contributed by atoms with Crippen molar-refractivity contribution in [2.75, 3.05) is 58.4 Å². The van der Waals surface area contributed by atoms with Crippen LogP contribution in [0.1, 0.15) is 48.9 Å². The molecule has 3 fully saturated rings. The largest absolute Gasteiger partial charge is 0.395 e. The number of amides is 1. The number of piperidine rings is 2. The Morgan fingerprint density at radius 1 is 1.06 bits per heavy atom. The fourth-order valence-electron chi connectivity index (χ4n) is 4.82. The average molecular weight is 520 g/mol. The summed E-state index contributed by atoms with van der Waals surface area (Å²) in [6.07, 6.45) is 7.43. The van der Waals surface area contributed by atoms with E-state index in [-0.39, 0.29) is 44.4 Å². The number of pyridine rings is 1. The molecule has 0 atom stereocenters. The van der Waals surface area contributed by atoms with E-state index in [0.29, 0.717) is 28.4 Å². The molecule has 1 amide bonds. The lowest BCUT2D eigenvalue weighted by Crippen LogP contribution is -2.39. The van der Waals surface area contributed by atoms with E-state index in [4.69, 9.17) is 5.11 Å². The van der Waals surface area contributed by atoms with Crippen LogP contribution in [0.3, 0.4) is 0 Å². The Balaban J connectivity index is 1.32. The number of halogens is 2. The van der Waals surface area contributed by atoms with E-state index in [1.54, 1.807) is 17.2 Å². The lowest BCUT2D eigenvalue weighted by molar-refractivity contribution is -0.0221. The average Bonchev–Trinajstić information content (AvgIpc) is 3.63. The monoisotopic (exact) mass is 519 g/mol. The Hall–Kier alpha value is -2.73. The fourth-order valence-corrected chi connectivity index (χ4v) is 5.28. The first kappa shape index (κ1) is 24.9. The Kier molecular flexibility index (Phi) is 7.16.